The highest BCUT2D eigenvalue weighted by Gasteiger charge is 2.06. The van der Waals surface area contributed by atoms with E-state index in [2.05, 4.69) is 19.9 Å². The smallest absolute Gasteiger partial charge is 0.141 e. The summed E-state index contributed by atoms with van der Waals surface area (Å²) in [5.74, 6) is 0.730. The molecule has 0 aliphatic rings. The Morgan fingerprint density at radius 2 is 1.94 bits per heavy atom. The van der Waals surface area contributed by atoms with Crippen LogP contribution in [0.1, 0.15) is 0 Å². The molecule has 5 heteroatoms. The minimum Gasteiger partial charge on any atom is -0.397 e. The van der Waals surface area contributed by atoms with Crippen molar-refractivity contribution in [1.29, 1.82) is 0 Å². The molecule has 0 aliphatic carbocycles. The number of rotatable bonds is 1. The van der Waals surface area contributed by atoms with Crippen LogP contribution in [0.25, 0.3) is 22.4 Å². The molecule has 1 aromatic carbocycles. The summed E-state index contributed by atoms with van der Waals surface area (Å²) in [5.41, 5.74) is 9.04. The first-order valence-electron chi connectivity index (χ1n) is 4.84. The average molecular weight is 211 g/mol. The number of aromatic nitrogens is 4. The van der Waals surface area contributed by atoms with Crippen molar-refractivity contribution in [2.24, 2.45) is 0 Å². The quantitative estimate of drug-likeness (QED) is 0.599. The number of H-pyrrole nitrogens is 1. The van der Waals surface area contributed by atoms with Gasteiger partial charge in [-0.3, -0.25) is 0 Å². The van der Waals surface area contributed by atoms with Crippen LogP contribution in [0.3, 0.4) is 0 Å². The van der Waals surface area contributed by atoms with Crippen LogP contribution in [0, 0.1) is 0 Å². The maximum Gasteiger partial charge on any atom is 0.141 e. The summed E-state index contributed by atoms with van der Waals surface area (Å²) >= 11 is 0. The van der Waals surface area contributed by atoms with Crippen molar-refractivity contribution in [3.05, 3.63) is 36.9 Å². The van der Waals surface area contributed by atoms with Gasteiger partial charge in [-0.2, -0.15) is 0 Å². The number of para-hydroxylation sites is 1. The van der Waals surface area contributed by atoms with E-state index >= 15 is 0 Å². The van der Waals surface area contributed by atoms with Crippen molar-refractivity contribution < 1.29 is 0 Å². The summed E-state index contributed by atoms with van der Waals surface area (Å²) < 4.78 is 0. The number of nitrogens with one attached hydrogen (secondary N) is 1. The molecule has 0 saturated carbocycles. The van der Waals surface area contributed by atoms with Gasteiger partial charge in [0.2, 0.25) is 0 Å². The Bertz CT molecular complexity index is 629. The van der Waals surface area contributed by atoms with Crippen LogP contribution < -0.4 is 5.73 Å². The predicted molar refractivity (Wildman–Crippen MR) is 61.5 cm³/mol. The summed E-state index contributed by atoms with van der Waals surface area (Å²) in [6.45, 7) is 0. The normalized spacial score (nSPS) is 10.8. The van der Waals surface area contributed by atoms with Gasteiger partial charge in [0.15, 0.2) is 0 Å². The number of nitrogens with two attached hydrogens (primary N) is 1. The second-order valence-electron chi connectivity index (χ2n) is 3.46. The number of hydrogen-bond acceptors (Lipinski definition) is 4. The lowest BCUT2D eigenvalue weighted by molar-refractivity contribution is 1.15. The molecule has 16 heavy (non-hydrogen) atoms. The van der Waals surface area contributed by atoms with Crippen molar-refractivity contribution in [2.45, 2.75) is 0 Å². The minimum atomic E-state index is 0.664. The first-order chi connectivity index (χ1) is 7.84. The van der Waals surface area contributed by atoms with E-state index in [0.29, 0.717) is 5.69 Å². The van der Waals surface area contributed by atoms with Crippen molar-refractivity contribution in [3.8, 4) is 11.4 Å². The van der Waals surface area contributed by atoms with Gasteiger partial charge in [-0.1, -0.05) is 6.07 Å². The third kappa shape index (κ3) is 1.30. The number of fused-ring (bicyclic) bond motifs is 1. The standard InChI is InChI=1S/C11H9N5/c12-8-2-1-3-9-10(8)16-11(15-9)7-4-13-6-14-5-7/h1-6H,12H2,(H,15,16). The van der Waals surface area contributed by atoms with Crippen LogP contribution in [-0.2, 0) is 0 Å². The van der Waals surface area contributed by atoms with Gasteiger partial charge in [0.1, 0.15) is 17.7 Å². The molecule has 0 aliphatic heterocycles. The van der Waals surface area contributed by atoms with Crippen LogP contribution >= 0.6 is 0 Å². The molecular weight excluding hydrogens is 202 g/mol. The van der Waals surface area contributed by atoms with Crippen LogP contribution in [0.5, 0.6) is 0 Å². The zero-order valence-corrected chi connectivity index (χ0v) is 8.38. The molecule has 0 radical (unpaired) electrons. The second-order valence-corrected chi connectivity index (χ2v) is 3.46. The van der Waals surface area contributed by atoms with E-state index in [4.69, 9.17) is 5.73 Å². The van der Waals surface area contributed by atoms with Gasteiger partial charge in [-0.15, -0.1) is 0 Å². The minimum absolute atomic E-state index is 0.664. The van der Waals surface area contributed by atoms with Gasteiger partial charge >= 0.3 is 0 Å². The molecule has 5 nitrogen and oxygen atoms in total. The highest BCUT2D eigenvalue weighted by Crippen LogP contribution is 2.22. The zero-order chi connectivity index (χ0) is 11.0. The molecule has 0 saturated heterocycles. The molecule has 0 bridgehead atoms. The van der Waals surface area contributed by atoms with Gasteiger partial charge in [-0.05, 0) is 12.1 Å². The molecule has 3 N–H and O–H groups in total. The molecule has 0 atom stereocenters. The van der Waals surface area contributed by atoms with Gasteiger partial charge < -0.3 is 10.7 Å². The molecular formula is C11H9N5. The summed E-state index contributed by atoms with van der Waals surface area (Å²) in [4.78, 5) is 15.5. The number of hydrogen-bond donors (Lipinski definition) is 2. The number of nitrogen functional groups attached to an aromatic ring is 1. The van der Waals surface area contributed by atoms with E-state index in [1.807, 2.05) is 18.2 Å². The number of anilines is 1. The monoisotopic (exact) mass is 211 g/mol. The largest absolute Gasteiger partial charge is 0.397 e. The van der Waals surface area contributed by atoms with Gasteiger partial charge in [0.25, 0.3) is 0 Å². The molecule has 0 unspecified atom stereocenters. The number of benzene rings is 1. The van der Waals surface area contributed by atoms with E-state index in [1.165, 1.54) is 6.33 Å². The molecule has 3 rings (SSSR count). The summed E-state index contributed by atoms with van der Waals surface area (Å²) in [6.07, 6.45) is 4.91. The number of nitrogens with zero attached hydrogens (tertiary/aromatic N) is 3. The molecule has 0 amide bonds. The molecule has 2 aromatic heterocycles. The lowest BCUT2D eigenvalue weighted by atomic mass is 10.3. The Morgan fingerprint density at radius 1 is 1.12 bits per heavy atom. The Labute approximate surface area is 91.4 Å². The van der Waals surface area contributed by atoms with Gasteiger partial charge in [0, 0.05) is 12.4 Å². The Morgan fingerprint density at radius 3 is 2.69 bits per heavy atom. The second kappa shape index (κ2) is 3.30. The highest BCUT2D eigenvalue weighted by molar-refractivity contribution is 5.89. The zero-order valence-electron chi connectivity index (χ0n) is 8.38. The fourth-order valence-corrected chi connectivity index (χ4v) is 1.61. The fourth-order valence-electron chi connectivity index (χ4n) is 1.61. The molecule has 2 heterocycles. The van der Waals surface area contributed by atoms with Crippen LogP contribution in [0.15, 0.2) is 36.9 Å². The van der Waals surface area contributed by atoms with Crippen molar-refractivity contribution in [3.63, 3.8) is 0 Å². The Balaban J connectivity index is 2.23. The maximum atomic E-state index is 5.83. The first-order valence-corrected chi connectivity index (χ1v) is 4.84. The van der Waals surface area contributed by atoms with Crippen LogP contribution in [0.2, 0.25) is 0 Å². The average Bonchev–Trinajstić information content (AvgIpc) is 2.76. The first kappa shape index (κ1) is 8.84. The lowest BCUT2D eigenvalue weighted by Crippen LogP contribution is -1.85. The highest BCUT2D eigenvalue weighted by atomic mass is 14.9. The SMILES string of the molecule is Nc1cccc2[nH]c(-c3cncnc3)nc12. The Kier molecular flexibility index (Phi) is 1.83. The maximum absolute atomic E-state index is 5.83. The van der Waals surface area contributed by atoms with Crippen LogP contribution in [-0.4, -0.2) is 19.9 Å². The molecule has 3 aromatic rings. The fraction of sp³-hybridized carbons (Fsp3) is 0. The van der Waals surface area contributed by atoms with E-state index in [0.717, 1.165) is 22.4 Å². The Hall–Kier alpha value is -2.43. The van der Waals surface area contributed by atoms with E-state index in [1.54, 1.807) is 12.4 Å². The van der Waals surface area contributed by atoms with Crippen LogP contribution in [0.4, 0.5) is 5.69 Å². The van der Waals surface area contributed by atoms with E-state index in [-0.39, 0.29) is 0 Å². The van der Waals surface area contributed by atoms with Gasteiger partial charge in [-0.25, -0.2) is 15.0 Å². The topological polar surface area (TPSA) is 80.5 Å². The predicted octanol–water partition coefficient (Wildman–Crippen LogP) is 1.60. The number of imidazole rings is 1. The number of aromatic amines is 1. The third-order valence-electron chi connectivity index (χ3n) is 2.38. The molecule has 0 fully saturated rings. The van der Waals surface area contributed by atoms with Crippen molar-refractivity contribution >= 4 is 16.7 Å². The van der Waals surface area contributed by atoms with Crippen molar-refractivity contribution in [1.82, 2.24) is 19.9 Å². The van der Waals surface area contributed by atoms with E-state index in [9.17, 15) is 0 Å². The molecule has 0 spiro atoms. The van der Waals surface area contributed by atoms with E-state index < -0.39 is 0 Å². The molecule has 78 valence electrons. The van der Waals surface area contributed by atoms with Gasteiger partial charge in [0.05, 0.1) is 16.8 Å². The van der Waals surface area contributed by atoms with Crippen molar-refractivity contribution in [2.75, 3.05) is 5.73 Å². The third-order valence-corrected chi connectivity index (χ3v) is 2.38. The summed E-state index contributed by atoms with van der Waals surface area (Å²) in [6, 6.07) is 5.65. The summed E-state index contributed by atoms with van der Waals surface area (Å²) in [5, 5.41) is 0. The lowest BCUT2D eigenvalue weighted by Gasteiger charge is -1.91. The summed E-state index contributed by atoms with van der Waals surface area (Å²) in [7, 11) is 0.